The summed E-state index contributed by atoms with van der Waals surface area (Å²) >= 11 is 6.07. The normalized spacial score (nSPS) is 10.8. The lowest BCUT2D eigenvalue weighted by Gasteiger charge is -2.23. The first-order chi connectivity index (χ1) is 8.95. The maximum absolute atomic E-state index is 6.07. The zero-order valence-electron chi connectivity index (χ0n) is 12.2. The second kappa shape index (κ2) is 5.25. The van der Waals surface area contributed by atoms with E-state index in [1.54, 1.807) is 0 Å². The molecular weight excluding hydrogens is 258 g/mol. The number of alkyl halides is 1. The highest BCUT2D eigenvalue weighted by atomic mass is 35.5. The molecule has 0 aliphatic heterocycles. The molecule has 2 aromatic rings. The first-order valence-electron chi connectivity index (χ1n) is 6.35. The summed E-state index contributed by atoms with van der Waals surface area (Å²) in [7, 11) is 4.02. The molecule has 0 spiro atoms. The third-order valence-electron chi connectivity index (χ3n) is 3.48. The van der Waals surface area contributed by atoms with E-state index in [1.807, 2.05) is 18.7 Å². The zero-order valence-corrected chi connectivity index (χ0v) is 12.9. The lowest BCUT2D eigenvalue weighted by molar-refractivity contribution is 0.750. The van der Waals surface area contributed by atoms with E-state index < -0.39 is 0 Å². The number of halogens is 1. The molecule has 0 bridgehead atoms. The van der Waals surface area contributed by atoms with Gasteiger partial charge in [0.05, 0.1) is 11.6 Å². The molecule has 0 aliphatic rings. The van der Waals surface area contributed by atoms with E-state index in [0.717, 1.165) is 17.1 Å². The molecular formula is C15H20ClN3. The van der Waals surface area contributed by atoms with Crippen molar-refractivity contribution < 1.29 is 0 Å². The summed E-state index contributed by atoms with van der Waals surface area (Å²) in [6.45, 7) is 6.23. The van der Waals surface area contributed by atoms with Crippen molar-refractivity contribution in [3.8, 4) is 0 Å². The van der Waals surface area contributed by atoms with Gasteiger partial charge in [0.25, 0.3) is 0 Å². The van der Waals surface area contributed by atoms with Gasteiger partial charge < -0.3 is 4.90 Å². The monoisotopic (exact) mass is 277 g/mol. The number of nitrogens with zero attached hydrogens (tertiary/aromatic N) is 3. The molecule has 0 saturated heterocycles. The highest BCUT2D eigenvalue weighted by Gasteiger charge is 2.18. The van der Waals surface area contributed by atoms with Crippen molar-refractivity contribution in [3.05, 3.63) is 40.6 Å². The van der Waals surface area contributed by atoms with E-state index in [-0.39, 0.29) is 0 Å². The molecule has 102 valence electrons. The SMILES string of the molecule is Cc1ccc(N(C)c2c(CCl)c(C)nn2C)c(C)c1. The van der Waals surface area contributed by atoms with E-state index in [9.17, 15) is 0 Å². The van der Waals surface area contributed by atoms with E-state index in [4.69, 9.17) is 11.6 Å². The summed E-state index contributed by atoms with van der Waals surface area (Å²) in [6, 6.07) is 6.46. The molecule has 0 saturated carbocycles. The van der Waals surface area contributed by atoms with Crippen molar-refractivity contribution in [2.24, 2.45) is 7.05 Å². The number of hydrogen-bond acceptors (Lipinski definition) is 2. The van der Waals surface area contributed by atoms with Gasteiger partial charge in [-0.05, 0) is 32.4 Å². The number of anilines is 2. The van der Waals surface area contributed by atoms with E-state index >= 15 is 0 Å². The third-order valence-corrected chi connectivity index (χ3v) is 3.75. The standard InChI is InChI=1S/C15H20ClN3/c1-10-6-7-14(11(2)8-10)18(4)15-13(9-16)12(3)17-19(15)5/h6-8H,9H2,1-5H3. The Bertz CT molecular complexity index is 602. The molecule has 0 amide bonds. The van der Waals surface area contributed by atoms with Crippen LogP contribution in [0.25, 0.3) is 0 Å². The molecule has 0 N–H and O–H groups in total. The first kappa shape index (κ1) is 13.9. The fourth-order valence-corrected chi connectivity index (χ4v) is 2.87. The van der Waals surface area contributed by atoms with Gasteiger partial charge in [-0.1, -0.05) is 17.7 Å². The topological polar surface area (TPSA) is 21.1 Å². The maximum atomic E-state index is 6.07. The average Bonchev–Trinajstić information content (AvgIpc) is 2.62. The predicted octanol–water partition coefficient (Wildman–Crippen LogP) is 3.85. The average molecular weight is 278 g/mol. The third kappa shape index (κ3) is 2.47. The van der Waals surface area contributed by atoms with Crippen LogP contribution < -0.4 is 4.90 Å². The van der Waals surface area contributed by atoms with Crippen LogP contribution in [0.2, 0.25) is 0 Å². The smallest absolute Gasteiger partial charge is 0.135 e. The largest absolute Gasteiger partial charge is 0.329 e. The molecule has 0 atom stereocenters. The molecule has 2 rings (SSSR count). The Morgan fingerprint density at radius 3 is 2.53 bits per heavy atom. The number of aromatic nitrogens is 2. The van der Waals surface area contributed by atoms with Crippen LogP contribution >= 0.6 is 11.6 Å². The minimum absolute atomic E-state index is 0.476. The molecule has 0 fully saturated rings. The van der Waals surface area contributed by atoms with Gasteiger partial charge in [0.15, 0.2) is 0 Å². The Balaban J connectivity index is 2.52. The summed E-state index contributed by atoms with van der Waals surface area (Å²) in [5, 5.41) is 4.47. The van der Waals surface area contributed by atoms with Crippen LogP contribution in [0.15, 0.2) is 18.2 Å². The molecule has 0 aliphatic carbocycles. The Morgan fingerprint density at radius 1 is 1.26 bits per heavy atom. The lowest BCUT2D eigenvalue weighted by Crippen LogP contribution is -2.16. The Morgan fingerprint density at radius 2 is 1.95 bits per heavy atom. The van der Waals surface area contributed by atoms with Gasteiger partial charge in [0, 0.05) is 25.3 Å². The number of benzene rings is 1. The Kier molecular flexibility index (Phi) is 3.85. The van der Waals surface area contributed by atoms with Gasteiger partial charge in [-0.25, -0.2) is 0 Å². The molecule has 1 aromatic carbocycles. The molecule has 0 unspecified atom stereocenters. The van der Waals surface area contributed by atoms with Crippen molar-refractivity contribution in [1.29, 1.82) is 0 Å². The van der Waals surface area contributed by atoms with Crippen LogP contribution in [0.3, 0.4) is 0 Å². The summed E-state index contributed by atoms with van der Waals surface area (Å²) < 4.78 is 1.90. The molecule has 19 heavy (non-hydrogen) atoms. The molecule has 1 aromatic heterocycles. The number of aryl methyl sites for hydroxylation is 4. The van der Waals surface area contributed by atoms with Crippen LogP contribution in [0.4, 0.5) is 11.5 Å². The van der Waals surface area contributed by atoms with E-state index in [2.05, 4.69) is 49.1 Å². The predicted molar refractivity (Wildman–Crippen MR) is 81.5 cm³/mol. The van der Waals surface area contributed by atoms with Crippen molar-refractivity contribution >= 4 is 23.1 Å². The second-order valence-electron chi connectivity index (χ2n) is 4.99. The van der Waals surface area contributed by atoms with Crippen LogP contribution in [0.1, 0.15) is 22.4 Å². The number of hydrogen-bond donors (Lipinski definition) is 0. The quantitative estimate of drug-likeness (QED) is 0.795. The van der Waals surface area contributed by atoms with Crippen LogP contribution in [-0.4, -0.2) is 16.8 Å². The highest BCUT2D eigenvalue weighted by molar-refractivity contribution is 6.17. The van der Waals surface area contributed by atoms with Crippen molar-refractivity contribution in [3.63, 3.8) is 0 Å². The van der Waals surface area contributed by atoms with Gasteiger partial charge in [-0.15, -0.1) is 11.6 Å². The fraction of sp³-hybridized carbons (Fsp3) is 0.400. The summed E-state index contributed by atoms with van der Waals surface area (Å²) in [5.74, 6) is 1.53. The molecule has 1 heterocycles. The van der Waals surface area contributed by atoms with Gasteiger partial charge in [-0.2, -0.15) is 5.10 Å². The van der Waals surface area contributed by atoms with Crippen LogP contribution in [0.5, 0.6) is 0 Å². The highest BCUT2D eigenvalue weighted by Crippen LogP contribution is 2.31. The second-order valence-corrected chi connectivity index (χ2v) is 5.26. The first-order valence-corrected chi connectivity index (χ1v) is 6.88. The Labute approximate surface area is 119 Å². The molecule has 0 radical (unpaired) electrons. The zero-order chi connectivity index (χ0) is 14.2. The van der Waals surface area contributed by atoms with Crippen LogP contribution in [0, 0.1) is 20.8 Å². The molecule has 4 heteroatoms. The maximum Gasteiger partial charge on any atom is 0.135 e. The van der Waals surface area contributed by atoms with Crippen molar-refractivity contribution in [1.82, 2.24) is 9.78 Å². The minimum Gasteiger partial charge on any atom is -0.329 e. The van der Waals surface area contributed by atoms with E-state index in [1.165, 1.54) is 16.8 Å². The van der Waals surface area contributed by atoms with Crippen molar-refractivity contribution in [2.45, 2.75) is 26.7 Å². The van der Waals surface area contributed by atoms with Gasteiger partial charge in [0.1, 0.15) is 5.82 Å². The number of rotatable bonds is 3. The van der Waals surface area contributed by atoms with E-state index in [0.29, 0.717) is 5.88 Å². The minimum atomic E-state index is 0.476. The van der Waals surface area contributed by atoms with Gasteiger partial charge in [-0.3, -0.25) is 4.68 Å². The molecule has 3 nitrogen and oxygen atoms in total. The van der Waals surface area contributed by atoms with Crippen LogP contribution in [-0.2, 0) is 12.9 Å². The Hall–Kier alpha value is -1.48. The van der Waals surface area contributed by atoms with Crippen molar-refractivity contribution in [2.75, 3.05) is 11.9 Å². The summed E-state index contributed by atoms with van der Waals surface area (Å²) in [4.78, 5) is 2.16. The fourth-order valence-electron chi connectivity index (χ4n) is 2.56. The van der Waals surface area contributed by atoms with Gasteiger partial charge in [0.2, 0.25) is 0 Å². The summed E-state index contributed by atoms with van der Waals surface area (Å²) in [5.41, 5.74) is 5.78. The lowest BCUT2D eigenvalue weighted by atomic mass is 10.1. The summed E-state index contributed by atoms with van der Waals surface area (Å²) in [6.07, 6.45) is 0. The van der Waals surface area contributed by atoms with Gasteiger partial charge >= 0.3 is 0 Å².